The van der Waals surface area contributed by atoms with Gasteiger partial charge in [0.25, 0.3) is 0 Å². The van der Waals surface area contributed by atoms with Gasteiger partial charge in [-0.05, 0) is 50.4 Å². The summed E-state index contributed by atoms with van der Waals surface area (Å²) < 4.78 is 0. The highest BCUT2D eigenvalue weighted by molar-refractivity contribution is 6.30. The molecule has 16 heavy (non-hydrogen) atoms. The number of rotatable bonds is 3. The van der Waals surface area contributed by atoms with E-state index in [1.807, 2.05) is 19.2 Å². The first-order valence-electron chi connectivity index (χ1n) is 5.93. The fourth-order valence-electron chi connectivity index (χ4n) is 2.35. The van der Waals surface area contributed by atoms with Crippen molar-refractivity contribution in [3.8, 4) is 0 Å². The summed E-state index contributed by atoms with van der Waals surface area (Å²) in [6.45, 7) is 0. The van der Waals surface area contributed by atoms with Gasteiger partial charge in [-0.3, -0.25) is 0 Å². The molecule has 1 N–H and O–H groups in total. The molecule has 1 unspecified atom stereocenters. The Hall–Kier alpha value is -0.790. The van der Waals surface area contributed by atoms with Gasteiger partial charge in [0.1, 0.15) is 0 Å². The number of hydrogen-bond acceptors (Lipinski definition) is 1. The molecule has 0 aromatic heterocycles. The van der Waals surface area contributed by atoms with Crippen molar-refractivity contribution in [3.05, 3.63) is 46.5 Å². The number of nitrogens with one attached hydrogen (secondary N) is 1. The van der Waals surface area contributed by atoms with Crippen LogP contribution in [0.4, 0.5) is 0 Å². The van der Waals surface area contributed by atoms with Crippen LogP contribution in [0.5, 0.6) is 0 Å². The predicted molar refractivity (Wildman–Crippen MR) is 69.8 cm³/mol. The van der Waals surface area contributed by atoms with E-state index in [1.54, 1.807) is 0 Å². The van der Waals surface area contributed by atoms with Crippen molar-refractivity contribution < 1.29 is 0 Å². The van der Waals surface area contributed by atoms with E-state index in [0.717, 1.165) is 5.02 Å². The Morgan fingerprint density at radius 2 is 1.94 bits per heavy atom. The van der Waals surface area contributed by atoms with Crippen molar-refractivity contribution >= 4 is 11.6 Å². The van der Waals surface area contributed by atoms with Gasteiger partial charge in [0, 0.05) is 5.02 Å². The van der Waals surface area contributed by atoms with E-state index in [0.29, 0.717) is 6.04 Å². The molecular weight excluding hydrogens is 218 g/mol. The van der Waals surface area contributed by atoms with Crippen molar-refractivity contribution in [1.82, 2.24) is 5.32 Å². The van der Waals surface area contributed by atoms with Crippen LogP contribution in [0.1, 0.15) is 37.3 Å². The molecular formula is C14H18ClN. The maximum absolute atomic E-state index is 5.91. The lowest BCUT2D eigenvalue weighted by molar-refractivity contribution is 0.593. The van der Waals surface area contributed by atoms with Crippen LogP contribution in [-0.2, 0) is 0 Å². The van der Waals surface area contributed by atoms with Gasteiger partial charge in [-0.25, -0.2) is 0 Å². The molecule has 1 atom stereocenters. The number of hydrogen-bond donors (Lipinski definition) is 1. The number of likely N-dealkylation sites (N-methyl/N-ethyl adjacent to an activating group) is 1. The Morgan fingerprint density at radius 1 is 1.19 bits per heavy atom. The summed E-state index contributed by atoms with van der Waals surface area (Å²) >= 11 is 5.91. The molecule has 0 radical (unpaired) electrons. The molecule has 1 nitrogen and oxygen atoms in total. The molecule has 0 heterocycles. The summed E-state index contributed by atoms with van der Waals surface area (Å²) in [5, 5.41) is 4.20. The maximum atomic E-state index is 5.91. The lowest BCUT2D eigenvalue weighted by atomic mass is 9.90. The van der Waals surface area contributed by atoms with Crippen LogP contribution < -0.4 is 5.32 Å². The summed E-state index contributed by atoms with van der Waals surface area (Å²) in [6.07, 6.45) is 7.48. The lowest BCUT2D eigenvalue weighted by Gasteiger charge is -2.23. The van der Waals surface area contributed by atoms with Gasteiger partial charge in [-0.15, -0.1) is 0 Å². The highest BCUT2D eigenvalue weighted by Crippen LogP contribution is 2.29. The average molecular weight is 236 g/mol. The van der Waals surface area contributed by atoms with E-state index in [-0.39, 0.29) is 0 Å². The van der Waals surface area contributed by atoms with Crippen molar-refractivity contribution in [1.29, 1.82) is 0 Å². The summed E-state index contributed by atoms with van der Waals surface area (Å²) in [5.74, 6) is 0. The zero-order chi connectivity index (χ0) is 11.4. The van der Waals surface area contributed by atoms with Gasteiger partial charge in [0.15, 0.2) is 0 Å². The van der Waals surface area contributed by atoms with Crippen LogP contribution >= 0.6 is 11.6 Å². The molecule has 0 saturated carbocycles. The minimum Gasteiger partial charge on any atom is -0.310 e. The van der Waals surface area contributed by atoms with Crippen LogP contribution in [0.15, 0.2) is 35.9 Å². The van der Waals surface area contributed by atoms with Gasteiger partial charge in [-0.2, -0.15) is 0 Å². The number of benzene rings is 1. The largest absolute Gasteiger partial charge is 0.310 e. The highest BCUT2D eigenvalue weighted by atomic mass is 35.5. The molecule has 0 spiro atoms. The Labute approximate surface area is 103 Å². The standard InChI is InChI=1S/C14H18ClN/c1-16-14(11-5-3-2-4-6-11)12-7-9-13(15)10-8-12/h5,7-10,14,16H,2-4,6H2,1H3. The van der Waals surface area contributed by atoms with E-state index in [2.05, 4.69) is 23.5 Å². The van der Waals surface area contributed by atoms with Gasteiger partial charge >= 0.3 is 0 Å². The molecule has 1 aliphatic carbocycles. The average Bonchev–Trinajstić information content (AvgIpc) is 2.34. The molecule has 1 aromatic rings. The molecule has 0 aliphatic heterocycles. The Morgan fingerprint density at radius 3 is 2.50 bits per heavy atom. The normalized spacial score (nSPS) is 18.0. The molecule has 0 fully saturated rings. The molecule has 0 amide bonds. The molecule has 2 heteroatoms. The third-order valence-electron chi connectivity index (χ3n) is 3.19. The Kier molecular flexibility index (Phi) is 4.03. The zero-order valence-corrected chi connectivity index (χ0v) is 10.4. The van der Waals surface area contributed by atoms with Gasteiger partial charge in [0.05, 0.1) is 6.04 Å². The molecule has 0 saturated heterocycles. The first kappa shape index (κ1) is 11.7. The lowest BCUT2D eigenvalue weighted by Crippen LogP contribution is -2.19. The summed E-state index contributed by atoms with van der Waals surface area (Å²) in [7, 11) is 2.02. The SMILES string of the molecule is CNC(C1=CCCCC1)c1ccc(Cl)cc1. The van der Waals surface area contributed by atoms with Crippen LogP contribution in [0.2, 0.25) is 5.02 Å². The Balaban J connectivity index is 2.21. The number of halogens is 1. The van der Waals surface area contributed by atoms with Gasteiger partial charge in [0.2, 0.25) is 0 Å². The van der Waals surface area contributed by atoms with Gasteiger partial charge in [-0.1, -0.05) is 35.4 Å². The second-order valence-electron chi connectivity index (χ2n) is 4.30. The quantitative estimate of drug-likeness (QED) is 0.778. The van der Waals surface area contributed by atoms with Gasteiger partial charge < -0.3 is 5.32 Å². The molecule has 1 aliphatic rings. The smallest absolute Gasteiger partial charge is 0.0533 e. The third-order valence-corrected chi connectivity index (χ3v) is 3.44. The fourth-order valence-corrected chi connectivity index (χ4v) is 2.47. The van der Waals surface area contributed by atoms with Crippen molar-refractivity contribution in [3.63, 3.8) is 0 Å². The Bertz CT molecular complexity index is 367. The molecule has 0 bridgehead atoms. The fraction of sp³-hybridized carbons (Fsp3) is 0.429. The van der Waals surface area contributed by atoms with E-state index in [4.69, 9.17) is 11.6 Å². The number of allylic oxidation sites excluding steroid dienone is 1. The topological polar surface area (TPSA) is 12.0 Å². The van der Waals surface area contributed by atoms with Crippen LogP contribution in [-0.4, -0.2) is 7.05 Å². The summed E-state index contributed by atoms with van der Waals surface area (Å²) in [5.41, 5.74) is 2.83. The van der Waals surface area contributed by atoms with Crippen molar-refractivity contribution in [2.45, 2.75) is 31.7 Å². The zero-order valence-electron chi connectivity index (χ0n) is 9.67. The van der Waals surface area contributed by atoms with Crippen LogP contribution in [0.25, 0.3) is 0 Å². The van der Waals surface area contributed by atoms with E-state index < -0.39 is 0 Å². The second-order valence-corrected chi connectivity index (χ2v) is 4.73. The van der Waals surface area contributed by atoms with E-state index in [1.165, 1.54) is 36.8 Å². The highest BCUT2D eigenvalue weighted by Gasteiger charge is 2.15. The van der Waals surface area contributed by atoms with Crippen molar-refractivity contribution in [2.75, 3.05) is 7.05 Å². The van der Waals surface area contributed by atoms with E-state index in [9.17, 15) is 0 Å². The molecule has 1 aromatic carbocycles. The summed E-state index contributed by atoms with van der Waals surface area (Å²) in [6, 6.07) is 8.50. The minimum absolute atomic E-state index is 0.359. The summed E-state index contributed by atoms with van der Waals surface area (Å²) in [4.78, 5) is 0. The second kappa shape index (κ2) is 5.51. The first-order valence-corrected chi connectivity index (χ1v) is 6.30. The molecule has 2 rings (SSSR count). The predicted octanol–water partition coefficient (Wildman–Crippen LogP) is 4.10. The van der Waals surface area contributed by atoms with Crippen LogP contribution in [0, 0.1) is 0 Å². The first-order chi connectivity index (χ1) is 7.81. The van der Waals surface area contributed by atoms with E-state index >= 15 is 0 Å². The minimum atomic E-state index is 0.359. The van der Waals surface area contributed by atoms with Crippen molar-refractivity contribution in [2.24, 2.45) is 0 Å². The molecule has 86 valence electrons. The van der Waals surface area contributed by atoms with Crippen LogP contribution in [0.3, 0.4) is 0 Å². The maximum Gasteiger partial charge on any atom is 0.0533 e. The third kappa shape index (κ3) is 2.66. The monoisotopic (exact) mass is 235 g/mol.